The molecule has 9 heteroatoms. The molecule has 0 saturated heterocycles. The zero-order valence-corrected chi connectivity index (χ0v) is 17.1. The summed E-state index contributed by atoms with van der Waals surface area (Å²) in [4.78, 5) is 29.3. The van der Waals surface area contributed by atoms with Crippen LogP contribution in [0.15, 0.2) is 66.9 Å². The fraction of sp³-hybridized carbons (Fsp3) is 0.182. The van der Waals surface area contributed by atoms with E-state index in [-0.39, 0.29) is 18.0 Å². The molecule has 160 valence electrons. The van der Waals surface area contributed by atoms with E-state index in [4.69, 9.17) is 14.2 Å². The number of carbonyl (C=O) groups is 1. The second-order valence-electron chi connectivity index (χ2n) is 6.37. The molecule has 0 spiro atoms. The normalized spacial score (nSPS) is 10.3. The molecular formula is C22H21N3O6. The van der Waals surface area contributed by atoms with Crippen LogP contribution in [0, 0.1) is 10.1 Å². The number of benzene rings is 2. The van der Waals surface area contributed by atoms with Crippen LogP contribution < -0.4 is 19.1 Å². The van der Waals surface area contributed by atoms with Crippen molar-refractivity contribution in [1.29, 1.82) is 0 Å². The molecule has 3 aromatic rings. The lowest BCUT2D eigenvalue weighted by Crippen LogP contribution is -2.35. The van der Waals surface area contributed by atoms with Gasteiger partial charge in [0.15, 0.2) is 23.9 Å². The van der Waals surface area contributed by atoms with E-state index >= 15 is 0 Å². The molecule has 3 rings (SSSR count). The molecular weight excluding hydrogens is 402 g/mol. The maximum Gasteiger partial charge on any atom is 0.310 e. The lowest BCUT2D eigenvalue weighted by molar-refractivity contribution is -0.385. The second-order valence-corrected chi connectivity index (χ2v) is 6.37. The van der Waals surface area contributed by atoms with Crippen LogP contribution in [0.2, 0.25) is 0 Å². The predicted molar refractivity (Wildman–Crippen MR) is 114 cm³/mol. The van der Waals surface area contributed by atoms with E-state index in [1.807, 2.05) is 6.07 Å². The predicted octanol–water partition coefficient (Wildman–Crippen LogP) is 3.62. The van der Waals surface area contributed by atoms with Gasteiger partial charge in [-0.3, -0.25) is 19.8 Å². The lowest BCUT2D eigenvalue weighted by Gasteiger charge is -2.22. The fourth-order valence-corrected chi connectivity index (χ4v) is 2.92. The van der Waals surface area contributed by atoms with Crippen molar-refractivity contribution in [2.75, 3.05) is 25.7 Å². The van der Waals surface area contributed by atoms with Gasteiger partial charge in [0.1, 0.15) is 5.82 Å². The number of pyridine rings is 1. The van der Waals surface area contributed by atoms with Gasteiger partial charge >= 0.3 is 5.69 Å². The number of hydrogen-bond acceptors (Lipinski definition) is 7. The van der Waals surface area contributed by atoms with E-state index < -0.39 is 17.4 Å². The van der Waals surface area contributed by atoms with Gasteiger partial charge in [0, 0.05) is 12.3 Å². The first-order chi connectivity index (χ1) is 15.0. The number of hydrogen-bond donors (Lipinski definition) is 0. The van der Waals surface area contributed by atoms with E-state index in [1.165, 1.54) is 30.2 Å². The molecule has 0 fully saturated rings. The number of methoxy groups -OCH3 is 2. The number of amides is 1. The van der Waals surface area contributed by atoms with Crippen molar-refractivity contribution in [2.45, 2.75) is 6.54 Å². The monoisotopic (exact) mass is 423 g/mol. The molecule has 0 bridgehead atoms. The van der Waals surface area contributed by atoms with Crippen molar-refractivity contribution < 1.29 is 23.9 Å². The van der Waals surface area contributed by atoms with Crippen molar-refractivity contribution in [1.82, 2.24) is 4.98 Å². The minimum atomic E-state index is -0.556. The molecule has 0 N–H and O–H groups in total. The molecule has 0 aliphatic carbocycles. The number of ether oxygens (including phenoxy) is 3. The van der Waals surface area contributed by atoms with Crippen molar-refractivity contribution in [3.63, 3.8) is 0 Å². The molecule has 0 saturated carbocycles. The smallest absolute Gasteiger partial charge is 0.310 e. The third kappa shape index (κ3) is 5.27. The Balaban J connectivity index is 1.83. The van der Waals surface area contributed by atoms with Crippen LogP contribution >= 0.6 is 0 Å². The molecule has 0 atom stereocenters. The number of carbonyl (C=O) groups excluding carboxylic acids is 1. The number of para-hydroxylation sites is 2. The van der Waals surface area contributed by atoms with Gasteiger partial charge in [0.25, 0.3) is 5.91 Å². The Labute approximate surface area is 179 Å². The van der Waals surface area contributed by atoms with Crippen LogP contribution in [0.5, 0.6) is 17.2 Å². The highest BCUT2D eigenvalue weighted by Crippen LogP contribution is 2.29. The van der Waals surface area contributed by atoms with Crippen LogP contribution in [0.3, 0.4) is 0 Å². The Morgan fingerprint density at radius 3 is 2.42 bits per heavy atom. The Bertz CT molecular complexity index is 1060. The van der Waals surface area contributed by atoms with E-state index in [0.717, 1.165) is 5.56 Å². The minimum Gasteiger partial charge on any atom is -0.493 e. The third-order valence-electron chi connectivity index (χ3n) is 4.43. The zero-order chi connectivity index (χ0) is 22.2. The van der Waals surface area contributed by atoms with E-state index in [9.17, 15) is 14.9 Å². The number of nitro benzene ring substituents is 1. The molecule has 1 heterocycles. The second kappa shape index (κ2) is 10.1. The number of aromatic nitrogens is 1. The molecule has 2 aromatic carbocycles. The molecule has 0 aliphatic rings. The van der Waals surface area contributed by atoms with E-state index in [0.29, 0.717) is 17.3 Å². The summed E-state index contributed by atoms with van der Waals surface area (Å²) in [7, 11) is 3.07. The van der Waals surface area contributed by atoms with E-state index in [1.54, 1.807) is 49.7 Å². The molecule has 0 aliphatic heterocycles. The SMILES string of the molecule is COc1ccc(CN(C(=O)COc2ccccc2[N+](=O)[O-])c2ccccn2)cc1OC. The topological polar surface area (TPSA) is 104 Å². The van der Waals surface area contributed by atoms with Gasteiger partial charge in [-0.15, -0.1) is 0 Å². The van der Waals surface area contributed by atoms with Crippen molar-refractivity contribution in [2.24, 2.45) is 0 Å². The highest BCUT2D eigenvalue weighted by atomic mass is 16.6. The Hall–Kier alpha value is -4.14. The summed E-state index contributed by atoms with van der Waals surface area (Å²) in [6, 6.07) is 16.4. The van der Waals surface area contributed by atoms with E-state index in [2.05, 4.69) is 4.98 Å². The summed E-state index contributed by atoms with van der Waals surface area (Å²) in [6.07, 6.45) is 1.58. The van der Waals surface area contributed by atoms with Gasteiger partial charge in [-0.25, -0.2) is 4.98 Å². The molecule has 0 radical (unpaired) electrons. The average Bonchev–Trinajstić information content (AvgIpc) is 2.81. The van der Waals surface area contributed by atoms with Gasteiger partial charge in [-0.2, -0.15) is 0 Å². The van der Waals surface area contributed by atoms with Gasteiger partial charge in [-0.1, -0.05) is 24.3 Å². The molecule has 9 nitrogen and oxygen atoms in total. The highest BCUT2D eigenvalue weighted by molar-refractivity contribution is 5.93. The van der Waals surface area contributed by atoms with Crippen LogP contribution in [-0.4, -0.2) is 36.6 Å². The number of rotatable bonds is 9. The Morgan fingerprint density at radius 2 is 1.74 bits per heavy atom. The Morgan fingerprint density at radius 1 is 1.00 bits per heavy atom. The van der Waals surface area contributed by atoms with Crippen molar-refractivity contribution >= 4 is 17.4 Å². The largest absolute Gasteiger partial charge is 0.493 e. The number of nitrogens with zero attached hydrogens (tertiary/aromatic N) is 3. The first-order valence-electron chi connectivity index (χ1n) is 9.32. The maximum atomic E-state index is 13.0. The quantitative estimate of drug-likeness (QED) is 0.382. The van der Waals surface area contributed by atoms with Crippen LogP contribution in [0.4, 0.5) is 11.5 Å². The molecule has 1 amide bonds. The summed E-state index contributed by atoms with van der Waals surface area (Å²) >= 11 is 0. The third-order valence-corrected chi connectivity index (χ3v) is 4.43. The zero-order valence-electron chi connectivity index (χ0n) is 17.1. The first kappa shape index (κ1) is 21.6. The summed E-state index contributed by atoms with van der Waals surface area (Å²) in [5.41, 5.74) is 0.571. The fourth-order valence-electron chi connectivity index (χ4n) is 2.92. The highest BCUT2D eigenvalue weighted by Gasteiger charge is 2.21. The van der Waals surface area contributed by atoms with Crippen molar-refractivity contribution in [3.05, 3.63) is 82.5 Å². The summed E-state index contributed by atoms with van der Waals surface area (Å²) in [5.74, 6) is 1.14. The molecule has 31 heavy (non-hydrogen) atoms. The van der Waals surface area contributed by atoms with Gasteiger partial charge in [0.2, 0.25) is 0 Å². The number of nitro groups is 1. The summed E-state index contributed by atoms with van der Waals surface area (Å²) < 4.78 is 16.1. The van der Waals surface area contributed by atoms with Crippen LogP contribution in [-0.2, 0) is 11.3 Å². The van der Waals surface area contributed by atoms with Crippen LogP contribution in [0.25, 0.3) is 0 Å². The van der Waals surface area contributed by atoms with Gasteiger partial charge in [-0.05, 0) is 35.9 Å². The standard InChI is InChI=1S/C22H21N3O6/c1-29-19-11-10-16(13-20(19)30-2)14-24(21-9-5-6-12-23-21)22(26)15-31-18-8-4-3-7-17(18)25(27)28/h3-13H,14-15H2,1-2H3. The number of anilines is 1. The summed E-state index contributed by atoms with van der Waals surface area (Å²) in [6.45, 7) is -0.203. The maximum absolute atomic E-state index is 13.0. The minimum absolute atomic E-state index is 0.0212. The Kier molecular flexibility index (Phi) is 7.00. The molecule has 0 unspecified atom stereocenters. The first-order valence-corrected chi connectivity index (χ1v) is 9.32. The summed E-state index contributed by atoms with van der Waals surface area (Å²) in [5, 5.41) is 11.2. The van der Waals surface area contributed by atoms with Gasteiger partial charge < -0.3 is 14.2 Å². The average molecular weight is 423 g/mol. The van der Waals surface area contributed by atoms with Crippen LogP contribution in [0.1, 0.15) is 5.56 Å². The van der Waals surface area contributed by atoms with Crippen molar-refractivity contribution in [3.8, 4) is 17.2 Å². The van der Waals surface area contributed by atoms with Gasteiger partial charge in [0.05, 0.1) is 25.7 Å². The lowest BCUT2D eigenvalue weighted by atomic mass is 10.2. The molecule has 1 aromatic heterocycles.